The number of allylic oxidation sites excluding steroid dienone is 4. The molecule has 0 saturated carbocycles. The van der Waals surface area contributed by atoms with E-state index in [-0.39, 0.29) is 0 Å². The molecule has 0 aliphatic rings. The van der Waals surface area contributed by atoms with Gasteiger partial charge in [-0.3, -0.25) is 0 Å². The molecule has 0 saturated heterocycles. The predicted molar refractivity (Wildman–Crippen MR) is 75.6 cm³/mol. The first-order valence-corrected chi connectivity index (χ1v) is 6.60. The Morgan fingerprint density at radius 1 is 1.00 bits per heavy atom. The van der Waals surface area contributed by atoms with Crippen LogP contribution in [-0.4, -0.2) is 0 Å². The fraction of sp³-hybridized carbons (Fsp3) is 0.625. The Bertz CT molecular complexity index is 208. The first-order chi connectivity index (χ1) is 7.70. The molecular formula is C16H28. The first-order valence-electron chi connectivity index (χ1n) is 6.60. The number of unbranched alkanes of at least 4 members (excludes halogenated alkanes) is 2. The molecule has 0 aromatic carbocycles. The summed E-state index contributed by atoms with van der Waals surface area (Å²) in [5.41, 5.74) is 1.62. The third-order valence-electron chi connectivity index (χ3n) is 2.70. The maximum atomic E-state index is 3.80. The van der Waals surface area contributed by atoms with Crippen LogP contribution in [0.25, 0.3) is 0 Å². The molecule has 0 N–H and O–H groups in total. The van der Waals surface area contributed by atoms with Gasteiger partial charge in [-0.25, -0.2) is 0 Å². The van der Waals surface area contributed by atoms with Gasteiger partial charge in [0.1, 0.15) is 0 Å². The Hall–Kier alpha value is -0.780. The summed E-state index contributed by atoms with van der Waals surface area (Å²) in [6, 6.07) is 0. The summed E-state index contributed by atoms with van der Waals surface area (Å²) in [5, 5.41) is 0. The summed E-state index contributed by atoms with van der Waals surface area (Å²) in [7, 11) is 0. The van der Waals surface area contributed by atoms with Gasteiger partial charge in [-0.2, -0.15) is 0 Å². The molecule has 0 aliphatic heterocycles. The molecule has 16 heavy (non-hydrogen) atoms. The molecule has 0 rings (SSSR count). The van der Waals surface area contributed by atoms with E-state index in [2.05, 4.69) is 33.1 Å². The van der Waals surface area contributed by atoms with Crippen LogP contribution in [0.15, 0.2) is 37.0 Å². The van der Waals surface area contributed by atoms with Gasteiger partial charge in [-0.1, -0.05) is 37.6 Å². The molecule has 0 atom stereocenters. The van der Waals surface area contributed by atoms with Crippen LogP contribution in [0.5, 0.6) is 0 Å². The minimum absolute atomic E-state index is 0.770. The maximum Gasteiger partial charge on any atom is -0.0286 e. The molecule has 0 aromatic rings. The lowest BCUT2D eigenvalue weighted by atomic mass is 9.99. The number of hydrogen-bond acceptors (Lipinski definition) is 0. The van der Waals surface area contributed by atoms with Crippen LogP contribution in [0.2, 0.25) is 0 Å². The second-order valence-corrected chi connectivity index (χ2v) is 4.85. The summed E-state index contributed by atoms with van der Waals surface area (Å²) < 4.78 is 0. The van der Waals surface area contributed by atoms with E-state index in [1.54, 1.807) is 5.57 Å². The molecule has 0 aromatic heterocycles. The third-order valence-corrected chi connectivity index (χ3v) is 2.70. The quantitative estimate of drug-likeness (QED) is 0.328. The SMILES string of the molecule is C=CCCCCC(=CCC(C)C)CCC=C. The van der Waals surface area contributed by atoms with Crippen molar-refractivity contribution in [2.45, 2.75) is 58.8 Å². The molecule has 0 fully saturated rings. The molecule has 0 heteroatoms. The van der Waals surface area contributed by atoms with Crippen molar-refractivity contribution in [3.8, 4) is 0 Å². The van der Waals surface area contributed by atoms with Gasteiger partial charge >= 0.3 is 0 Å². The van der Waals surface area contributed by atoms with Crippen LogP contribution in [0.1, 0.15) is 58.8 Å². The Balaban J connectivity index is 3.93. The standard InChI is InChI=1S/C16H28/c1-5-7-9-10-12-16(11-8-6-2)14-13-15(3)4/h5-6,14-15H,1-2,7-13H2,3-4H3. The van der Waals surface area contributed by atoms with E-state index >= 15 is 0 Å². The van der Waals surface area contributed by atoms with Crippen molar-refractivity contribution in [2.75, 3.05) is 0 Å². The van der Waals surface area contributed by atoms with Crippen molar-refractivity contribution in [3.63, 3.8) is 0 Å². The van der Waals surface area contributed by atoms with E-state index in [0.717, 1.165) is 18.8 Å². The van der Waals surface area contributed by atoms with E-state index in [1.807, 2.05) is 12.2 Å². The number of hydrogen-bond donors (Lipinski definition) is 0. The molecular weight excluding hydrogens is 192 g/mol. The van der Waals surface area contributed by atoms with Crippen molar-refractivity contribution < 1.29 is 0 Å². The third kappa shape index (κ3) is 9.76. The zero-order valence-corrected chi connectivity index (χ0v) is 11.2. The summed E-state index contributed by atoms with van der Waals surface area (Å²) in [5.74, 6) is 0.770. The molecule has 0 amide bonds. The van der Waals surface area contributed by atoms with Crippen LogP contribution in [0.4, 0.5) is 0 Å². The van der Waals surface area contributed by atoms with Crippen LogP contribution >= 0.6 is 0 Å². The summed E-state index contributed by atoms with van der Waals surface area (Å²) >= 11 is 0. The molecule has 0 spiro atoms. The monoisotopic (exact) mass is 220 g/mol. The second kappa shape index (κ2) is 10.7. The van der Waals surface area contributed by atoms with Crippen LogP contribution in [0.3, 0.4) is 0 Å². The Kier molecular flexibility index (Phi) is 10.2. The minimum Gasteiger partial charge on any atom is -0.103 e. The van der Waals surface area contributed by atoms with Gasteiger partial charge in [0.25, 0.3) is 0 Å². The lowest BCUT2D eigenvalue weighted by Crippen LogP contribution is -1.89. The summed E-state index contributed by atoms with van der Waals surface area (Å²) in [6.07, 6.45) is 15.0. The lowest BCUT2D eigenvalue weighted by Gasteiger charge is -2.07. The lowest BCUT2D eigenvalue weighted by molar-refractivity contribution is 0.649. The highest BCUT2D eigenvalue weighted by Crippen LogP contribution is 2.17. The molecule has 0 radical (unpaired) electrons. The fourth-order valence-electron chi connectivity index (χ4n) is 1.66. The van der Waals surface area contributed by atoms with Crippen molar-refractivity contribution in [1.29, 1.82) is 0 Å². The van der Waals surface area contributed by atoms with Crippen LogP contribution < -0.4 is 0 Å². The molecule has 0 unspecified atom stereocenters. The normalized spacial score (nSPS) is 11.8. The van der Waals surface area contributed by atoms with Crippen molar-refractivity contribution in [3.05, 3.63) is 37.0 Å². The fourth-order valence-corrected chi connectivity index (χ4v) is 1.66. The molecule has 92 valence electrons. The van der Waals surface area contributed by atoms with E-state index in [9.17, 15) is 0 Å². The van der Waals surface area contributed by atoms with Gasteiger partial charge in [-0.15, -0.1) is 13.2 Å². The number of rotatable bonds is 10. The van der Waals surface area contributed by atoms with E-state index in [4.69, 9.17) is 0 Å². The highest BCUT2D eigenvalue weighted by atomic mass is 14.0. The van der Waals surface area contributed by atoms with Crippen LogP contribution in [0, 0.1) is 5.92 Å². The second-order valence-electron chi connectivity index (χ2n) is 4.85. The maximum absolute atomic E-state index is 3.80. The zero-order valence-electron chi connectivity index (χ0n) is 11.2. The zero-order chi connectivity index (χ0) is 12.2. The summed E-state index contributed by atoms with van der Waals surface area (Å²) in [6.45, 7) is 12.1. The largest absolute Gasteiger partial charge is 0.103 e. The van der Waals surface area contributed by atoms with E-state index < -0.39 is 0 Å². The predicted octanol–water partition coefficient (Wildman–Crippen LogP) is 5.67. The van der Waals surface area contributed by atoms with Gasteiger partial charge in [0, 0.05) is 0 Å². The Labute approximate surface area is 102 Å². The van der Waals surface area contributed by atoms with Crippen LogP contribution in [-0.2, 0) is 0 Å². The van der Waals surface area contributed by atoms with Crippen molar-refractivity contribution in [1.82, 2.24) is 0 Å². The van der Waals surface area contributed by atoms with Gasteiger partial charge in [-0.05, 0) is 50.9 Å². The molecule has 0 bridgehead atoms. The topological polar surface area (TPSA) is 0 Å². The minimum atomic E-state index is 0.770. The Morgan fingerprint density at radius 2 is 1.69 bits per heavy atom. The average molecular weight is 220 g/mol. The van der Waals surface area contributed by atoms with Crippen molar-refractivity contribution >= 4 is 0 Å². The molecule has 0 heterocycles. The summed E-state index contributed by atoms with van der Waals surface area (Å²) in [4.78, 5) is 0. The van der Waals surface area contributed by atoms with Crippen molar-refractivity contribution in [2.24, 2.45) is 5.92 Å². The molecule has 0 nitrogen and oxygen atoms in total. The van der Waals surface area contributed by atoms with E-state index in [1.165, 1.54) is 32.1 Å². The highest BCUT2D eigenvalue weighted by Gasteiger charge is 1.98. The average Bonchev–Trinajstić information content (AvgIpc) is 2.26. The van der Waals surface area contributed by atoms with Gasteiger partial charge in [0.2, 0.25) is 0 Å². The van der Waals surface area contributed by atoms with E-state index in [0.29, 0.717) is 0 Å². The molecule has 0 aliphatic carbocycles. The van der Waals surface area contributed by atoms with Gasteiger partial charge < -0.3 is 0 Å². The smallest absolute Gasteiger partial charge is 0.0286 e. The first kappa shape index (κ1) is 15.2. The van der Waals surface area contributed by atoms with Gasteiger partial charge in [0.15, 0.2) is 0 Å². The van der Waals surface area contributed by atoms with Gasteiger partial charge in [0.05, 0.1) is 0 Å². The highest BCUT2D eigenvalue weighted by molar-refractivity contribution is 5.03. The Morgan fingerprint density at radius 3 is 2.25 bits per heavy atom.